The minimum atomic E-state index is -1.09. The van der Waals surface area contributed by atoms with Gasteiger partial charge in [-0.3, -0.25) is 0 Å². The first kappa shape index (κ1) is 16.1. The second-order valence-electron chi connectivity index (χ2n) is 6.11. The van der Waals surface area contributed by atoms with Gasteiger partial charge in [0, 0.05) is 5.39 Å². The Labute approximate surface area is 141 Å². The molecule has 2 N–H and O–H groups in total. The van der Waals surface area contributed by atoms with Crippen molar-refractivity contribution in [1.29, 1.82) is 0 Å². The number of aromatic hydroxyl groups is 1. The maximum Gasteiger partial charge on any atom is 0.339 e. The lowest BCUT2D eigenvalue weighted by Gasteiger charge is -2.19. The molecular weight excluding hydrogens is 300 g/mol. The van der Waals surface area contributed by atoms with Crippen molar-refractivity contribution in [2.75, 3.05) is 0 Å². The van der Waals surface area contributed by atoms with Crippen LogP contribution in [0.15, 0.2) is 42.5 Å². The smallest absolute Gasteiger partial charge is 0.339 e. The third-order valence-corrected chi connectivity index (χ3v) is 4.46. The number of phenols is 1. The van der Waals surface area contributed by atoms with Crippen molar-refractivity contribution in [3.8, 4) is 16.9 Å². The Hall–Kier alpha value is -2.81. The molecule has 0 radical (unpaired) electrons. The maximum atomic E-state index is 11.8. The van der Waals surface area contributed by atoms with Gasteiger partial charge in [0.25, 0.3) is 0 Å². The van der Waals surface area contributed by atoms with Gasteiger partial charge in [0.15, 0.2) is 0 Å². The molecule has 0 spiro atoms. The van der Waals surface area contributed by atoms with Gasteiger partial charge in [-0.15, -0.1) is 0 Å². The van der Waals surface area contributed by atoms with Gasteiger partial charge in [-0.1, -0.05) is 48.9 Å². The molecule has 3 heteroatoms. The van der Waals surface area contributed by atoms with E-state index >= 15 is 0 Å². The molecule has 0 aromatic heterocycles. The van der Waals surface area contributed by atoms with Crippen LogP contribution in [0.5, 0.6) is 5.75 Å². The second-order valence-corrected chi connectivity index (χ2v) is 6.11. The number of rotatable bonds is 3. The summed E-state index contributed by atoms with van der Waals surface area (Å²) in [5.74, 6) is -1.23. The quantitative estimate of drug-likeness (QED) is 0.706. The van der Waals surface area contributed by atoms with Crippen molar-refractivity contribution in [2.45, 2.75) is 27.2 Å². The van der Waals surface area contributed by atoms with Crippen LogP contribution in [0.25, 0.3) is 21.9 Å². The molecule has 122 valence electrons. The molecule has 0 fully saturated rings. The van der Waals surface area contributed by atoms with E-state index in [1.807, 2.05) is 57.2 Å². The van der Waals surface area contributed by atoms with E-state index in [2.05, 4.69) is 6.07 Å². The zero-order valence-electron chi connectivity index (χ0n) is 14.1. The molecule has 0 amide bonds. The van der Waals surface area contributed by atoms with E-state index in [0.717, 1.165) is 27.6 Å². The van der Waals surface area contributed by atoms with Gasteiger partial charge in [0.1, 0.15) is 11.3 Å². The highest BCUT2D eigenvalue weighted by molar-refractivity contribution is 6.10. The van der Waals surface area contributed by atoms with Crippen LogP contribution >= 0.6 is 0 Å². The Balaban J connectivity index is 2.61. The Kier molecular flexibility index (Phi) is 4.02. The first-order valence-corrected chi connectivity index (χ1v) is 8.03. The fourth-order valence-electron chi connectivity index (χ4n) is 3.55. The van der Waals surface area contributed by atoms with E-state index < -0.39 is 5.97 Å². The zero-order valence-corrected chi connectivity index (χ0v) is 14.1. The SMILES string of the molecule is CCc1c(C(=O)O)c(O)c2cc(C)cc(C)c2c1-c1ccccc1. The monoisotopic (exact) mass is 320 g/mol. The van der Waals surface area contributed by atoms with Crippen molar-refractivity contribution >= 4 is 16.7 Å². The van der Waals surface area contributed by atoms with Crippen LogP contribution in [0.1, 0.15) is 34.0 Å². The number of aromatic carboxylic acids is 1. The molecule has 3 nitrogen and oxygen atoms in total. The summed E-state index contributed by atoms with van der Waals surface area (Å²) in [4.78, 5) is 11.8. The van der Waals surface area contributed by atoms with E-state index in [4.69, 9.17) is 0 Å². The van der Waals surface area contributed by atoms with Crippen molar-refractivity contribution in [3.63, 3.8) is 0 Å². The topological polar surface area (TPSA) is 57.5 Å². The molecule has 0 saturated carbocycles. The minimum Gasteiger partial charge on any atom is -0.506 e. The molecule has 0 unspecified atom stereocenters. The molecule has 3 rings (SSSR count). The molecule has 24 heavy (non-hydrogen) atoms. The number of hydrogen-bond acceptors (Lipinski definition) is 2. The molecule has 0 aliphatic carbocycles. The number of aryl methyl sites for hydroxylation is 2. The summed E-state index contributed by atoms with van der Waals surface area (Å²) in [5, 5.41) is 21.9. The normalized spacial score (nSPS) is 11.0. The Morgan fingerprint density at radius 3 is 2.33 bits per heavy atom. The van der Waals surface area contributed by atoms with Crippen LogP contribution in [0.3, 0.4) is 0 Å². The highest BCUT2D eigenvalue weighted by atomic mass is 16.4. The lowest BCUT2D eigenvalue weighted by Crippen LogP contribution is -2.06. The number of carboxylic acids is 1. The largest absolute Gasteiger partial charge is 0.506 e. The summed E-state index contributed by atoms with van der Waals surface area (Å²) in [6, 6.07) is 13.7. The highest BCUT2D eigenvalue weighted by Gasteiger charge is 2.24. The number of hydrogen-bond donors (Lipinski definition) is 2. The van der Waals surface area contributed by atoms with Gasteiger partial charge in [-0.25, -0.2) is 4.79 Å². The van der Waals surface area contributed by atoms with Crippen molar-refractivity contribution < 1.29 is 15.0 Å². The van der Waals surface area contributed by atoms with Gasteiger partial charge < -0.3 is 10.2 Å². The van der Waals surface area contributed by atoms with Crippen molar-refractivity contribution in [3.05, 3.63) is 64.7 Å². The summed E-state index contributed by atoms with van der Waals surface area (Å²) in [6.07, 6.45) is 0.530. The van der Waals surface area contributed by atoms with E-state index in [1.54, 1.807) is 0 Å². The van der Waals surface area contributed by atoms with Gasteiger partial charge in [0.2, 0.25) is 0 Å². The first-order valence-electron chi connectivity index (χ1n) is 8.03. The second kappa shape index (κ2) is 6.00. The molecule has 0 saturated heterocycles. The molecule has 0 heterocycles. The summed E-state index contributed by atoms with van der Waals surface area (Å²) < 4.78 is 0. The van der Waals surface area contributed by atoms with Gasteiger partial charge >= 0.3 is 5.97 Å². The maximum absolute atomic E-state index is 11.8. The predicted octanol–water partition coefficient (Wildman–Crippen LogP) is 5.09. The standard InChI is InChI=1S/C21H20O3/c1-4-15-18(14-8-6-5-7-9-14)17-13(3)10-12(2)11-16(17)20(22)19(15)21(23)24/h5-11,22H,4H2,1-3H3,(H,23,24). The molecule has 0 aliphatic heterocycles. The van der Waals surface area contributed by atoms with E-state index in [0.29, 0.717) is 17.4 Å². The fraction of sp³-hybridized carbons (Fsp3) is 0.190. The highest BCUT2D eigenvalue weighted by Crippen LogP contribution is 2.43. The zero-order chi connectivity index (χ0) is 17.4. The molecule has 0 aliphatic rings. The lowest BCUT2D eigenvalue weighted by atomic mass is 9.85. The number of fused-ring (bicyclic) bond motifs is 1. The van der Waals surface area contributed by atoms with Crippen LogP contribution in [0, 0.1) is 13.8 Å². The third-order valence-electron chi connectivity index (χ3n) is 4.46. The van der Waals surface area contributed by atoms with Crippen LogP contribution < -0.4 is 0 Å². The summed E-state index contributed by atoms with van der Waals surface area (Å²) in [6.45, 7) is 5.87. The van der Waals surface area contributed by atoms with Crippen LogP contribution in [-0.4, -0.2) is 16.2 Å². The van der Waals surface area contributed by atoms with Gasteiger partial charge in [0.05, 0.1) is 0 Å². The summed E-state index contributed by atoms with van der Waals surface area (Å²) in [7, 11) is 0. The molecule has 3 aromatic rings. The van der Waals surface area contributed by atoms with Crippen molar-refractivity contribution in [1.82, 2.24) is 0 Å². The Morgan fingerprint density at radius 2 is 1.75 bits per heavy atom. The van der Waals surface area contributed by atoms with Gasteiger partial charge in [-0.05, 0) is 54.0 Å². The van der Waals surface area contributed by atoms with E-state index in [9.17, 15) is 15.0 Å². The molecular formula is C21H20O3. The van der Waals surface area contributed by atoms with Crippen LogP contribution in [0.2, 0.25) is 0 Å². The molecule has 0 bridgehead atoms. The lowest BCUT2D eigenvalue weighted by molar-refractivity contribution is 0.0693. The average molecular weight is 320 g/mol. The van der Waals surface area contributed by atoms with Crippen molar-refractivity contribution in [2.24, 2.45) is 0 Å². The number of carboxylic acid groups (broad SMARTS) is 1. The number of carbonyl (C=O) groups is 1. The molecule has 3 aromatic carbocycles. The summed E-state index contributed by atoms with van der Waals surface area (Å²) in [5.41, 5.74) is 4.58. The minimum absolute atomic E-state index is 0.00820. The van der Waals surface area contributed by atoms with E-state index in [-0.39, 0.29) is 11.3 Å². The average Bonchev–Trinajstić information content (AvgIpc) is 2.55. The fourth-order valence-corrected chi connectivity index (χ4v) is 3.55. The Morgan fingerprint density at radius 1 is 1.08 bits per heavy atom. The van der Waals surface area contributed by atoms with Crippen LogP contribution in [-0.2, 0) is 6.42 Å². The van der Waals surface area contributed by atoms with Gasteiger partial charge in [-0.2, -0.15) is 0 Å². The first-order chi connectivity index (χ1) is 11.5. The summed E-state index contributed by atoms with van der Waals surface area (Å²) >= 11 is 0. The number of benzene rings is 3. The predicted molar refractivity (Wildman–Crippen MR) is 96.9 cm³/mol. The molecule has 0 atom stereocenters. The van der Waals surface area contributed by atoms with Crippen LogP contribution in [0.4, 0.5) is 0 Å². The Bertz CT molecular complexity index is 941. The van der Waals surface area contributed by atoms with E-state index in [1.165, 1.54) is 0 Å². The third kappa shape index (κ3) is 2.42.